The molecule has 1 nitrogen and oxygen atoms in total. The van der Waals surface area contributed by atoms with Crippen LogP contribution < -0.4 is 0 Å². The Kier molecular flexibility index (Phi) is 10.00. The number of unbranched alkanes of at least 4 members (excludes halogenated alkanes) is 7. The summed E-state index contributed by atoms with van der Waals surface area (Å²) in [6.07, 6.45) is 15.1. The predicted octanol–water partition coefficient (Wildman–Crippen LogP) is 6.87. The average molecular weight is 296 g/mol. The van der Waals surface area contributed by atoms with Crippen molar-refractivity contribution in [3.63, 3.8) is 0 Å². The van der Waals surface area contributed by atoms with E-state index in [4.69, 9.17) is 4.98 Å². The Morgan fingerprint density at radius 3 is 1.95 bits per heavy atom. The molecule has 0 spiro atoms. The second-order valence-electron chi connectivity index (χ2n) is 6.04. The van der Waals surface area contributed by atoms with Crippen LogP contribution in [0.3, 0.4) is 0 Å². The highest BCUT2D eigenvalue weighted by Gasteiger charge is 2.14. The summed E-state index contributed by atoms with van der Waals surface area (Å²) in [4.78, 5) is 4.74. The maximum absolute atomic E-state index is 4.74. The zero-order valence-electron chi connectivity index (χ0n) is 13.8. The molecule has 2 heteroatoms. The van der Waals surface area contributed by atoms with Gasteiger partial charge in [-0.05, 0) is 19.8 Å². The van der Waals surface area contributed by atoms with Gasteiger partial charge in [0.2, 0.25) is 0 Å². The molecular formula is C18H33NS. The van der Waals surface area contributed by atoms with Gasteiger partial charge in [0.25, 0.3) is 0 Å². The molecule has 0 aliphatic heterocycles. The van der Waals surface area contributed by atoms with Gasteiger partial charge < -0.3 is 0 Å². The van der Waals surface area contributed by atoms with Gasteiger partial charge in [-0.15, -0.1) is 11.3 Å². The Morgan fingerprint density at radius 1 is 0.900 bits per heavy atom. The van der Waals surface area contributed by atoms with Crippen molar-refractivity contribution in [1.82, 2.24) is 4.98 Å². The van der Waals surface area contributed by atoms with Crippen LogP contribution in [0, 0.1) is 6.92 Å². The van der Waals surface area contributed by atoms with Gasteiger partial charge in [0.05, 0.1) is 10.7 Å². The number of thiazole rings is 1. The number of hydrogen-bond acceptors (Lipinski definition) is 2. The lowest BCUT2D eigenvalue weighted by atomic mass is 9.92. The first-order chi connectivity index (χ1) is 9.77. The number of hydrogen-bond donors (Lipinski definition) is 0. The molecule has 0 N–H and O–H groups in total. The van der Waals surface area contributed by atoms with E-state index in [9.17, 15) is 0 Å². The van der Waals surface area contributed by atoms with E-state index in [1.165, 1.54) is 81.3 Å². The summed E-state index contributed by atoms with van der Waals surface area (Å²) in [7, 11) is 0. The quantitative estimate of drug-likeness (QED) is 0.383. The molecule has 0 aromatic carbocycles. The molecule has 0 saturated carbocycles. The minimum absolute atomic E-state index is 0.721. The molecule has 0 aliphatic rings. The molecule has 1 rings (SSSR count). The van der Waals surface area contributed by atoms with Crippen molar-refractivity contribution in [2.45, 2.75) is 97.3 Å². The molecule has 20 heavy (non-hydrogen) atoms. The smallest absolute Gasteiger partial charge is 0.0897 e. The first kappa shape index (κ1) is 17.7. The number of nitrogens with zero attached hydrogens (tertiary/aromatic N) is 1. The molecular weight excluding hydrogens is 262 g/mol. The summed E-state index contributed by atoms with van der Waals surface area (Å²) in [5.74, 6) is 0.721. The van der Waals surface area contributed by atoms with E-state index in [0.717, 1.165) is 5.92 Å². The molecule has 1 aromatic rings. The minimum atomic E-state index is 0.721. The summed E-state index contributed by atoms with van der Waals surface area (Å²) >= 11 is 1.81. The monoisotopic (exact) mass is 295 g/mol. The van der Waals surface area contributed by atoms with Gasteiger partial charge in [-0.1, -0.05) is 71.6 Å². The van der Waals surface area contributed by atoms with Crippen molar-refractivity contribution in [2.75, 3.05) is 0 Å². The minimum Gasteiger partial charge on any atom is -0.246 e. The molecule has 0 bridgehead atoms. The molecule has 1 atom stereocenters. The van der Waals surface area contributed by atoms with Crippen LogP contribution >= 0.6 is 11.3 Å². The molecule has 116 valence electrons. The number of aryl methyl sites for hydroxylation is 1. The van der Waals surface area contributed by atoms with Crippen LogP contribution in [-0.2, 0) is 0 Å². The third-order valence-electron chi connectivity index (χ3n) is 4.12. The van der Waals surface area contributed by atoms with Crippen molar-refractivity contribution in [1.29, 1.82) is 0 Å². The Hall–Kier alpha value is -0.370. The lowest BCUT2D eigenvalue weighted by molar-refractivity contribution is 0.487. The molecule has 0 aliphatic carbocycles. The highest BCUT2D eigenvalue weighted by Crippen LogP contribution is 2.29. The Bertz CT molecular complexity index is 332. The van der Waals surface area contributed by atoms with E-state index in [1.807, 2.05) is 11.3 Å². The van der Waals surface area contributed by atoms with Crippen LogP contribution in [0.5, 0.6) is 0 Å². The highest BCUT2D eigenvalue weighted by atomic mass is 32.1. The maximum atomic E-state index is 4.74. The zero-order valence-corrected chi connectivity index (χ0v) is 14.6. The van der Waals surface area contributed by atoms with E-state index in [1.54, 1.807) is 0 Å². The zero-order chi connectivity index (χ0) is 14.6. The van der Waals surface area contributed by atoms with Crippen molar-refractivity contribution in [3.8, 4) is 0 Å². The summed E-state index contributed by atoms with van der Waals surface area (Å²) in [6.45, 7) is 6.70. The first-order valence-corrected chi connectivity index (χ1v) is 9.57. The SMILES string of the molecule is CCCCCCCC(CCCCCC)c1csc(C)n1. The predicted molar refractivity (Wildman–Crippen MR) is 91.7 cm³/mol. The van der Waals surface area contributed by atoms with Gasteiger partial charge in [-0.2, -0.15) is 0 Å². The summed E-state index contributed by atoms with van der Waals surface area (Å²) in [5, 5.41) is 3.52. The van der Waals surface area contributed by atoms with Gasteiger partial charge in [-0.25, -0.2) is 4.98 Å². The summed E-state index contributed by atoms with van der Waals surface area (Å²) < 4.78 is 0. The number of aromatic nitrogens is 1. The van der Waals surface area contributed by atoms with Gasteiger partial charge in [0, 0.05) is 11.3 Å². The van der Waals surface area contributed by atoms with Crippen LogP contribution in [0.25, 0.3) is 0 Å². The fourth-order valence-corrected chi connectivity index (χ4v) is 3.51. The van der Waals surface area contributed by atoms with Gasteiger partial charge in [-0.3, -0.25) is 0 Å². The van der Waals surface area contributed by atoms with E-state index in [2.05, 4.69) is 26.2 Å². The van der Waals surface area contributed by atoms with Gasteiger partial charge in [0.15, 0.2) is 0 Å². The van der Waals surface area contributed by atoms with E-state index in [-0.39, 0.29) is 0 Å². The van der Waals surface area contributed by atoms with Crippen LogP contribution in [0.2, 0.25) is 0 Å². The van der Waals surface area contributed by atoms with Crippen LogP contribution in [0.4, 0.5) is 0 Å². The molecule has 1 aromatic heterocycles. The topological polar surface area (TPSA) is 12.9 Å². The van der Waals surface area contributed by atoms with E-state index >= 15 is 0 Å². The Morgan fingerprint density at radius 2 is 1.45 bits per heavy atom. The molecule has 0 saturated heterocycles. The van der Waals surface area contributed by atoms with Crippen molar-refractivity contribution in [3.05, 3.63) is 16.1 Å². The molecule has 0 amide bonds. The Balaban J connectivity index is 2.34. The fraction of sp³-hybridized carbons (Fsp3) is 0.833. The molecule has 0 fully saturated rings. The van der Waals surface area contributed by atoms with Crippen molar-refractivity contribution >= 4 is 11.3 Å². The second kappa shape index (κ2) is 11.3. The highest BCUT2D eigenvalue weighted by molar-refractivity contribution is 7.09. The largest absolute Gasteiger partial charge is 0.246 e. The lowest BCUT2D eigenvalue weighted by Gasteiger charge is -2.14. The van der Waals surface area contributed by atoms with Crippen LogP contribution in [0.15, 0.2) is 5.38 Å². The number of rotatable bonds is 12. The normalized spacial score (nSPS) is 12.8. The summed E-state index contributed by atoms with van der Waals surface area (Å²) in [6, 6.07) is 0. The fourth-order valence-electron chi connectivity index (χ4n) is 2.82. The first-order valence-electron chi connectivity index (χ1n) is 8.70. The lowest BCUT2D eigenvalue weighted by Crippen LogP contribution is -2.00. The van der Waals surface area contributed by atoms with Gasteiger partial charge in [0.1, 0.15) is 0 Å². The molecule has 0 radical (unpaired) electrons. The average Bonchev–Trinajstić information content (AvgIpc) is 2.87. The van der Waals surface area contributed by atoms with Crippen molar-refractivity contribution < 1.29 is 0 Å². The maximum Gasteiger partial charge on any atom is 0.0897 e. The standard InChI is InChI=1S/C18H33NS/c1-4-6-8-10-12-14-17(13-11-9-7-5-2)18-15-20-16(3)19-18/h15,17H,4-14H2,1-3H3. The third-order valence-corrected chi connectivity index (χ3v) is 4.91. The summed E-state index contributed by atoms with van der Waals surface area (Å²) in [5.41, 5.74) is 1.37. The third kappa shape index (κ3) is 7.42. The molecule has 1 heterocycles. The van der Waals surface area contributed by atoms with Crippen molar-refractivity contribution in [2.24, 2.45) is 0 Å². The van der Waals surface area contributed by atoms with Crippen LogP contribution in [-0.4, -0.2) is 4.98 Å². The van der Waals surface area contributed by atoms with Gasteiger partial charge >= 0.3 is 0 Å². The molecule has 1 unspecified atom stereocenters. The Labute approximate surface area is 130 Å². The van der Waals surface area contributed by atoms with E-state index < -0.39 is 0 Å². The second-order valence-corrected chi connectivity index (χ2v) is 7.10. The van der Waals surface area contributed by atoms with Crippen LogP contribution in [0.1, 0.15) is 101 Å². The van der Waals surface area contributed by atoms with E-state index in [0.29, 0.717) is 0 Å².